The van der Waals surface area contributed by atoms with Gasteiger partial charge in [0.1, 0.15) is 0 Å². The molecular weight excluding hydrogens is 634 g/mol. The van der Waals surface area contributed by atoms with Gasteiger partial charge in [0.15, 0.2) is 22.6 Å². The van der Waals surface area contributed by atoms with E-state index in [9.17, 15) is 18.1 Å². The number of hydrogen-bond donors (Lipinski definition) is 0. The van der Waals surface area contributed by atoms with Crippen molar-refractivity contribution in [2.75, 3.05) is 44.4 Å². The van der Waals surface area contributed by atoms with Crippen LogP contribution in [0.1, 0.15) is 10.5 Å². The van der Waals surface area contributed by atoms with Crippen LogP contribution in [0.2, 0.25) is 5.02 Å². The Labute approximate surface area is 269 Å². The van der Waals surface area contributed by atoms with Crippen LogP contribution >= 0.6 is 22.9 Å². The average molecular weight is 663 g/mol. The summed E-state index contributed by atoms with van der Waals surface area (Å²) in [5.41, 5.74) is 3.78. The monoisotopic (exact) mass is 662 g/mol. The van der Waals surface area contributed by atoms with E-state index >= 15 is 0 Å². The van der Waals surface area contributed by atoms with Gasteiger partial charge in [0, 0.05) is 55.1 Å². The highest BCUT2D eigenvalue weighted by atomic mass is 35.5. The van der Waals surface area contributed by atoms with E-state index in [4.69, 9.17) is 21.5 Å². The van der Waals surface area contributed by atoms with Crippen LogP contribution in [0.15, 0.2) is 95.9 Å². The molecule has 1 fully saturated rings. The van der Waals surface area contributed by atoms with Gasteiger partial charge < -0.3 is 9.80 Å². The number of carbonyl (C=O) groups is 1. The first kappa shape index (κ1) is 30.5. The molecule has 0 atom stereocenters. The van der Waals surface area contributed by atoms with Crippen LogP contribution in [0.4, 0.5) is 11.4 Å². The van der Waals surface area contributed by atoms with Crippen LogP contribution < -0.4 is 4.90 Å². The lowest BCUT2D eigenvalue weighted by Gasteiger charge is -2.35. The average Bonchev–Trinajstić information content (AvgIpc) is 3.72. The number of para-hydroxylation sites is 1. The second-order valence-electron chi connectivity index (χ2n) is 10.5. The summed E-state index contributed by atoms with van der Waals surface area (Å²) in [6.45, 7) is 2.24. The minimum atomic E-state index is -3.36. The van der Waals surface area contributed by atoms with E-state index in [2.05, 4.69) is 4.90 Å². The number of piperazine rings is 1. The molecule has 5 aromatic rings. The largest absolute Gasteiger partial charge is 0.368 e. The molecule has 0 bridgehead atoms. The van der Waals surface area contributed by atoms with Crippen molar-refractivity contribution in [3.05, 3.63) is 107 Å². The summed E-state index contributed by atoms with van der Waals surface area (Å²) in [6, 6.07) is 26.9. The molecule has 45 heavy (non-hydrogen) atoms. The molecule has 230 valence electrons. The fourth-order valence-electron chi connectivity index (χ4n) is 5.20. The van der Waals surface area contributed by atoms with Crippen molar-refractivity contribution >= 4 is 50.1 Å². The lowest BCUT2D eigenvalue weighted by atomic mass is 10.2. The maximum Gasteiger partial charge on any atom is 0.316 e. The first-order valence-corrected chi connectivity index (χ1v) is 17.1. The molecule has 1 aliphatic heterocycles. The summed E-state index contributed by atoms with van der Waals surface area (Å²) in [7, 11) is -2.04. The molecule has 1 saturated heterocycles. The van der Waals surface area contributed by atoms with Crippen molar-refractivity contribution in [2.24, 2.45) is 0 Å². The zero-order chi connectivity index (χ0) is 31.7. The zero-order valence-corrected chi connectivity index (χ0v) is 26.8. The van der Waals surface area contributed by atoms with E-state index < -0.39 is 9.84 Å². The topological polar surface area (TPSA) is 105 Å². The van der Waals surface area contributed by atoms with Crippen LogP contribution in [0.3, 0.4) is 0 Å². The molecule has 13 heteroatoms. The fourth-order valence-corrected chi connectivity index (χ4v) is 7.09. The first-order valence-electron chi connectivity index (χ1n) is 14.0. The first-order chi connectivity index (χ1) is 21.6. The molecule has 1 amide bonds. The highest BCUT2D eigenvalue weighted by Crippen LogP contribution is 2.37. The van der Waals surface area contributed by atoms with Gasteiger partial charge in [-0.3, -0.25) is 4.79 Å². The van der Waals surface area contributed by atoms with Gasteiger partial charge >= 0.3 is 5.69 Å². The maximum absolute atomic E-state index is 13.8. The molecule has 0 N–H and O–H groups in total. The van der Waals surface area contributed by atoms with Gasteiger partial charge in [-0.1, -0.05) is 35.9 Å². The second-order valence-corrected chi connectivity index (χ2v) is 14.0. The van der Waals surface area contributed by atoms with Gasteiger partial charge in [-0.15, -0.1) is 11.3 Å². The maximum atomic E-state index is 13.8. The number of hydrogen-bond acceptors (Lipinski definition) is 8. The van der Waals surface area contributed by atoms with Gasteiger partial charge in [0.05, 0.1) is 31.1 Å². The van der Waals surface area contributed by atoms with Crippen LogP contribution in [-0.2, 0) is 14.7 Å². The minimum absolute atomic E-state index is 0.184. The number of benzene rings is 3. The van der Waals surface area contributed by atoms with Crippen molar-refractivity contribution in [1.82, 2.24) is 14.7 Å². The number of rotatable bonds is 8. The smallest absolute Gasteiger partial charge is 0.316 e. The predicted octanol–water partition coefficient (Wildman–Crippen LogP) is 6.26. The highest BCUT2D eigenvalue weighted by molar-refractivity contribution is 7.90. The number of thiophene rings is 1. The molecular formula is C32H29ClN5O5S2+. The second kappa shape index (κ2) is 12.5. The van der Waals surface area contributed by atoms with Crippen molar-refractivity contribution in [3.63, 3.8) is 0 Å². The van der Waals surface area contributed by atoms with Crippen LogP contribution in [0, 0.1) is 4.91 Å². The Balaban J connectivity index is 1.26. The Morgan fingerprint density at radius 1 is 0.911 bits per heavy atom. The number of amides is 1. The summed E-state index contributed by atoms with van der Waals surface area (Å²) in [4.78, 5) is 36.5. The van der Waals surface area contributed by atoms with E-state index in [1.807, 2.05) is 48.5 Å². The van der Waals surface area contributed by atoms with Crippen molar-refractivity contribution in [3.8, 4) is 26.7 Å². The molecule has 0 aliphatic carbocycles. The normalized spacial score (nSPS) is 13.6. The van der Waals surface area contributed by atoms with Crippen LogP contribution in [0.25, 0.3) is 26.7 Å². The highest BCUT2D eigenvalue weighted by Gasteiger charge is 2.27. The Kier molecular flexibility index (Phi) is 8.45. The summed E-state index contributed by atoms with van der Waals surface area (Å²) in [6.07, 6.45) is 1.19. The summed E-state index contributed by atoms with van der Waals surface area (Å²) in [5.74, 6) is -0.184. The number of nitrogens with zero attached hydrogens (tertiary/aromatic N) is 5. The standard InChI is InChI=1S/C32H29ClN5O5S2/c1-43-38(40)24-12-10-23(11-13-24)35-16-18-36(19-17-35)32(39)27-21-29(37(34-27)28-9-4-3-8-26(28)33)31-15-14-30(44-31)22-6-5-7-25(20-22)45(2,41)42/h3-15,20-21H,16-19H2,1-2H3/q+1. The van der Waals surface area contributed by atoms with Crippen molar-refractivity contribution in [2.45, 2.75) is 4.90 Å². The van der Waals surface area contributed by atoms with Crippen molar-refractivity contribution < 1.29 is 23.0 Å². The molecule has 2 aromatic heterocycles. The number of sulfone groups is 1. The van der Waals surface area contributed by atoms with E-state index in [0.717, 1.165) is 21.0 Å². The Morgan fingerprint density at radius 2 is 1.62 bits per heavy atom. The van der Waals surface area contributed by atoms with Crippen molar-refractivity contribution in [1.29, 1.82) is 0 Å². The lowest BCUT2D eigenvalue weighted by Crippen LogP contribution is -2.48. The molecule has 1 aliphatic rings. The van der Waals surface area contributed by atoms with Gasteiger partial charge in [0.2, 0.25) is 0 Å². The molecule has 3 aromatic carbocycles. The van der Waals surface area contributed by atoms with Gasteiger partial charge in [-0.25, -0.2) is 17.9 Å². The number of halogens is 1. The predicted molar refractivity (Wildman–Crippen MR) is 175 cm³/mol. The number of anilines is 1. The Morgan fingerprint density at radius 3 is 2.31 bits per heavy atom. The van der Waals surface area contributed by atoms with Crippen LogP contribution in [-0.4, -0.2) is 73.5 Å². The molecule has 0 unspecified atom stereocenters. The SMILES string of the molecule is CO[N+](=O)c1ccc(N2CCN(C(=O)c3cc(-c4ccc(-c5cccc(S(C)(=O)=O)c5)s4)n(-c4ccccc4Cl)n3)CC2)cc1. The zero-order valence-electron chi connectivity index (χ0n) is 24.5. The third-order valence-corrected chi connectivity index (χ3v) is 10.2. The Bertz CT molecular complexity index is 2000. The molecule has 0 saturated carbocycles. The molecule has 0 spiro atoms. The Hall–Kier alpha value is -4.52. The van der Waals surface area contributed by atoms with E-state index in [1.54, 1.807) is 52.0 Å². The molecule has 10 nitrogen and oxygen atoms in total. The van der Waals surface area contributed by atoms with Gasteiger partial charge in [-0.05, 0) is 60.2 Å². The third-order valence-electron chi connectivity index (χ3n) is 7.57. The molecule has 6 rings (SSSR count). The fraction of sp³-hybridized carbons (Fsp3) is 0.188. The van der Waals surface area contributed by atoms with Crippen LogP contribution in [0.5, 0.6) is 0 Å². The quantitative estimate of drug-likeness (QED) is 0.181. The summed E-state index contributed by atoms with van der Waals surface area (Å²) < 4.78 is 26.0. The lowest BCUT2D eigenvalue weighted by molar-refractivity contribution is -0.736. The number of carbonyl (C=O) groups excluding carboxylic acids is 1. The van der Waals surface area contributed by atoms with E-state index in [1.165, 1.54) is 24.7 Å². The molecule has 0 radical (unpaired) electrons. The van der Waals surface area contributed by atoms with E-state index in [-0.39, 0.29) is 10.8 Å². The third kappa shape index (κ3) is 6.35. The van der Waals surface area contributed by atoms with E-state index in [0.29, 0.717) is 58.9 Å². The summed E-state index contributed by atoms with van der Waals surface area (Å²) in [5, 5.41) is 5.23. The number of aromatic nitrogens is 2. The van der Waals surface area contributed by atoms with Gasteiger partial charge in [0.25, 0.3) is 10.8 Å². The molecule has 3 heterocycles. The van der Waals surface area contributed by atoms with Gasteiger partial charge in [-0.2, -0.15) is 5.10 Å². The summed E-state index contributed by atoms with van der Waals surface area (Å²) >= 11 is 8.06. The minimum Gasteiger partial charge on any atom is -0.368 e.